The highest BCUT2D eigenvalue weighted by Crippen LogP contribution is 2.65. The van der Waals surface area contributed by atoms with Crippen molar-refractivity contribution in [2.75, 3.05) is 0 Å². The Morgan fingerprint density at radius 1 is 0.301 bits per heavy atom. The van der Waals surface area contributed by atoms with Gasteiger partial charge in [-0.15, -0.1) is 0 Å². The van der Waals surface area contributed by atoms with E-state index in [1.807, 2.05) is 0 Å². The zero-order valence-electron chi connectivity index (χ0n) is 33.1. The Kier molecular flexibility index (Phi) is 17.0. The minimum atomic E-state index is -8.94. The van der Waals surface area contributed by atoms with Crippen molar-refractivity contribution in [1.29, 1.82) is 0 Å². The van der Waals surface area contributed by atoms with Crippen LogP contribution in [-0.2, 0) is 0 Å². The van der Waals surface area contributed by atoms with Crippen LogP contribution in [0.2, 0.25) is 18.1 Å². The van der Waals surface area contributed by atoms with Crippen LogP contribution in [0.1, 0.15) is 29.6 Å². The number of carboxylic acids is 1. The molecule has 0 aliphatic heterocycles. The van der Waals surface area contributed by atoms with Gasteiger partial charge in [-0.05, 0) is 30.3 Å². The summed E-state index contributed by atoms with van der Waals surface area (Å²) in [5.41, 5.74) is -1.45. The Morgan fingerprint density at radius 2 is 0.479 bits per heavy atom. The second-order valence-electron chi connectivity index (χ2n) is 15.2. The van der Waals surface area contributed by atoms with Crippen LogP contribution >= 0.6 is 0 Å². The van der Waals surface area contributed by atoms with Crippen LogP contribution in [0.25, 0.3) is 0 Å². The zero-order valence-corrected chi connectivity index (χ0v) is 34.1. The third-order valence-corrected chi connectivity index (χ3v) is 15.7. The highest BCUT2D eigenvalue weighted by molar-refractivity contribution is 6.92. The van der Waals surface area contributed by atoms with Gasteiger partial charge in [0.2, 0.25) is 0 Å². The van der Waals surface area contributed by atoms with Gasteiger partial charge >= 0.3 is 113 Å². The summed E-state index contributed by atoms with van der Waals surface area (Å²) in [6.45, 7) is 0. The van der Waals surface area contributed by atoms with Gasteiger partial charge in [0.25, 0.3) is 0 Å². The highest BCUT2D eigenvalue weighted by atomic mass is 28.3. The number of hydrogen-bond donors (Lipinski definition) is 1. The van der Waals surface area contributed by atoms with Crippen LogP contribution < -0.4 is 5.19 Å². The Balaban J connectivity index is 4.54. The molecule has 1 aromatic rings. The lowest BCUT2D eigenvalue weighted by Crippen LogP contribution is -2.70. The predicted molar refractivity (Wildman–Crippen MR) is 159 cm³/mol. The molecule has 42 heteroatoms. The van der Waals surface area contributed by atoms with Crippen molar-refractivity contribution in [1.82, 2.24) is 0 Å². The third-order valence-electron chi connectivity index (χ3n) is 10.5. The van der Waals surface area contributed by atoms with Crippen molar-refractivity contribution in [3.63, 3.8) is 0 Å². The summed E-state index contributed by atoms with van der Waals surface area (Å²) >= 11 is 0. The molecule has 1 N–H and O–H groups in total. The maximum atomic E-state index is 15.1. The molecule has 0 saturated carbocycles. The molecule has 2 nitrogen and oxygen atoms in total. The summed E-state index contributed by atoms with van der Waals surface area (Å²) in [6, 6.07) is -11.8. The maximum Gasteiger partial charge on any atom is 0.460 e. The molecule has 0 atom stereocenters. The van der Waals surface area contributed by atoms with Crippen LogP contribution in [0, 0.1) is 0 Å². The van der Waals surface area contributed by atoms with Gasteiger partial charge in [0, 0.05) is 19.3 Å². The number of hydrogen-bond acceptors (Lipinski definition) is 1. The third kappa shape index (κ3) is 10.1. The molecule has 0 radical (unpaired) electrons. The van der Waals surface area contributed by atoms with Gasteiger partial charge in [-0.1, -0.05) is 17.3 Å². The molecule has 0 amide bonds. The summed E-state index contributed by atoms with van der Waals surface area (Å²) in [4.78, 5) is 11.3. The van der Waals surface area contributed by atoms with Crippen LogP contribution in [0.3, 0.4) is 0 Å². The molecule has 0 fully saturated rings. The van der Waals surface area contributed by atoms with E-state index in [0.29, 0.717) is 0 Å². The normalized spacial score (nSPS) is 16.3. The minimum Gasteiger partial charge on any atom is -0.478 e. The van der Waals surface area contributed by atoms with Crippen molar-refractivity contribution < 1.29 is 181 Å². The number of benzene rings is 1. The number of carbonyl (C=O) groups is 1. The molecular formula is C31H17F39O2Si. The summed E-state index contributed by atoms with van der Waals surface area (Å²) < 4.78 is 540. The highest BCUT2D eigenvalue weighted by Gasteiger charge is 2.93. The average Bonchev–Trinajstić information content (AvgIpc) is 3.18. The summed E-state index contributed by atoms with van der Waals surface area (Å²) in [7, 11) is -7.22. The first-order valence-corrected chi connectivity index (χ1v) is 20.1. The maximum absolute atomic E-state index is 15.1. The number of alkyl halides is 39. The van der Waals surface area contributed by atoms with Gasteiger partial charge in [0.15, 0.2) is 0 Å². The zero-order chi connectivity index (χ0) is 59.3. The summed E-state index contributed by atoms with van der Waals surface area (Å²) in [6.07, 6.45) is -37.0. The molecule has 0 spiro atoms. The van der Waals surface area contributed by atoms with Gasteiger partial charge in [-0.3, -0.25) is 0 Å². The fraction of sp³-hybridized carbons (Fsp3) is 0.774. The molecule has 0 bridgehead atoms. The van der Waals surface area contributed by atoms with E-state index < -0.39 is 182 Å². The molecule has 0 saturated heterocycles. The second kappa shape index (κ2) is 18.4. The first kappa shape index (κ1) is 67.2. The van der Waals surface area contributed by atoms with Gasteiger partial charge in [0.05, 0.1) is 13.6 Å². The first-order chi connectivity index (χ1) is 31.3. The number of rotatable bonds is 23. The molecule has 1 rings (SSSR count). The van der Waals surface area contributed by atoms with Gasteiger partial charge < -0.3 is 5.11 Å². The predicted octanol–water partition coefficient (Wildman–Crippen LogP) is 15.4. The largest absolute Gasteiger partial charge is 0.478 e. The Hall–Kier alpha value is -3.82. The molecule has 430 valence electrons. The molecule has 73 heavy (non-hydrogen) atoms. The number of halogens is 39. The van der Waals surface area contributed by atoms with E-state index >= 15 is 26.3 Å². The van der Waals surface area contributed by atoms with Crippen molar-refractivity contribution in [2.24, 2.45) is 0 Å². The van der Waals surface area contributed by atoms with E-state index in [-0.39, 0.29) is 12.1 Å². The fourth-order valence-electron chi connectivity index (χ4n) is 5.84. The van der Waals surface area contributed by atoms with E-state index in [4.69, 9.17) is 5.11 Å². The van der Waals surface area contributed by atoms with Crippen molar-refractivity contribution in [3.05, 3.63) is 29.8 Å². The van der Waals surface area contributed by atoms with Crippen LogP contribution in [0.4, 0.5) is 171 Å². The monoisotopic (exact) mass is 1190 g/mol. The first-order valence-electron chi connectivity index (χ1n) is 17.5. The van der Waals surface area contributed by atoms with E-state index in [9.17, 15) is 150 Å². The number of aromatic carboxylic acids is 1. The lowest BCUT2D eigenvalue weighted by Gasteiger charge is -2.43. The quantitative estimate of drug-likeness (QED) is 0.0876. The molecule has 0 heterocycles. The molecule has 1 aromatic carbocycles. The smallest absolute Gasteiger partial charge is 0.460 e. The van der Waals surface area contributed by atoms with E-state index in [1.165, 1.54) is 0 Å². The molecular weight excluding hydrogens is 1170 g/mol. The van der Waals surface area contributed by atoms with Crippen LogP contribution in [-0.4, -0.2) is 127 Å². The molecule has 0 aliphatic rings. The SMILES string of the molecule is O=C(O)c1ccc([Si](CCC(F)(F)C(F)(F)C(F)(F)C(F)(F)C(F)(F)C(F)(F)F)(CCC(F)(F)C(F)(F)C(F)(F)C(F)(F)C(F)(F)C(F)(F)F)CCC(F)(F)C(F)(F)C(F)(F)C(F)(F)C(F)(F)C(F)(F)F)cc1. The van der Waals surface area contributed by atoms with Gasteiger partial charge in [-0.25, -0.2) is 4.79 Å². The average molecular weight is 1190 g/mol. The van der Waals surface area contributed by atoms with Gasteiger partial charge in [0.1, 0.15) is 0 Å². The van der Waals surface area contributed by atoms with E-state index in [0.717, 1.165) is 0 Å². The summed E-state index contributed by atoms with van der Waals surface area (Å²) in [5, 5.41) is 6.92. The number of carboxylic acid groups (broad SMARTS) is 1. The van der Waals surface area contributed by atoms with Gasteiger partial charge in [-0.2, -0.15) is 171 Å². The second-order valence-corrected chi connectivity index (χ2v) is 19.8. The topological polar surface area (TPSA) is 37.3 Å². The van der Waals surface area contributed by atoms with Crippen LogP contribution in [0.5, 0.6) is 0 Å². The fourth-order valence-corrected chi connectivity index (χ4v) is 10.7. The molecule has 0 unspecified atom stereocenters. The Morgan fingerprint density at radius 3 is 0.644 bits per heavy atom. The van der Waals surface area contributed by atoms with E-state index in [2.05, 4.69) is 0 Å². The van der Waals surface area contributed by atoms with Crippen LogP contribution in [0.15, 0.2) is 24.3 Å². The van der Waals surface area contributed by atoms with Crippen molar-refractivity contribution >= 4 is 19.2 Å². The van der Waals surface area contributed by atoms with E-state index in [1.54, 1.807) is 0 Å². The molecule has 0 aliphatic carbocycles. The summed E-state index contributed by atoms with van der Waals surface area (Å²) in [5.74, 6) is -131. The van der Waals surface area contributed by atoms with Crippen molar-refractivity contribution in [2.45, 2.75) is 145 Å². The molecule has 0 aromatic heterocycles. The Labute approximate surface area is 375 Å². The lowest BCUT2D eigenvalue weighted by molar-refractivity contribution is -0.440. The Bertz CT molecular complexity index is 1900. The lowest BCUT2D eigenvalue weighted by atomic mass is 9.93. The standard InChI is InChI=1S/C31H17F39O2Si/c32-14(33,17(38,39)20(44,45)23(50,51)26(56,57)29(62,63)64)5-8-73(12-3-1-11(2-4-12)13(71)72,9-6-15(34,35)18(40,41)21(46,47)24(52,53)27(58,59)30(65,66)67)10-7-16(36,37)19(42,43)22(48,49)25(54,55)28(60,61)31(68,69)70/h1-4H,5-10H2,(H,71,72). The van der Waals surface area contributed by atoms with Crippen molar-refractivity contribution in [3.8, 4) is 0 Å². The minimum absolute atomic E-state index is 0.290.